The van der Waals surface area contributed by atoms with E-state index in [1.807, 2.05) is 6.92 Å². The molecule has 0 saturated carbocycles. The minimum atomic E-state index is -0.721. The molecule has 3 heteroatoms. The van der Waals surface area contributed by atoms with Crippen molar-refractivity contribution in [2.45, 2.75) is 20.8 Å². The zero-order valence-corrected chi connectivity index (χ0v) is 4.86. The lowest BCUT2D eigenvalue weighted by molar-refractivity contribution is 0.173. The molecule has 0 bridgehead atoms. The fourth-order valence-electron chi connectivity index (χ4n) is 0.182. The Balaban J connectivity index is 0. The van der Waals surface area contributed by atoms with Gasteiger partial charge in [-0.2, -0.15) is 0 Å². The lowest BCUT2D eigenvalue weighted by Gasteiger charge is -1.91. The van der Waals surface area contributed by atoms with Gasteiger partial charge in [-0.05, 0) is 6.42 Å². The molecule has 50 valence electrons. The number of hydrogen-bond donors (Lipinski definition) is 0. The summed E-state index contributed by atoms with van der Waals surface area (Å²) < 4.78 is 4.32. The van der Waals surface area contributed by atoms with Crippen molar-refractivity contribution >= 4 is 17.0 Å². The van der Waals surface area contributed by atoms with Crippen molar-refractivity contribution in [1.29, 1.82) is 0 Å². The third-order valence-electron chi connectivity index (χ3n) is 0.420. The number of halogens is 1. The maximum atomic E-state index is 9.75. The van der Waals surface area contributed by atoms with Gasteiger partial charge in [-0.3, -0.25) is 0 Å². The fourth-order valence-corrected chi connectivity index (χ4v) is 0.259. The molecule has 0 aromatic carbocycles. The summed E-state index contributed by atoms with van der Waals surface area (Å²) >= 11 is 4.80. The van der Waals surface area contributed by atoms with Crippen LogP contribution in [0.15, 0.2) is 0 Å². The number of ether oxygens (including phenoxy) is 1. The minimum absolute atomic E-state index is 0. The fraction of sp³-hybridized carbons (Fsp3) is 0.800. The highest BCUT2D eigenvalue weighted by molar-refractivity contribution is 6.61. The van der Waals surface area contributed by atoms with E-state index in [4.69, 9.17) is 11.6 Å². The summed E-state index contributed by atoms with van der Waals surface area (Å²) in [6.07, 6.45) is 0.818. The molecular weight excluding hydrogens is 128 g/mol. The maximum absolute atomic E-state index is 9.75. The van der Waals surface area contributed by atoms with E-state index in [0.717, 1.165) is 6.42 Å². The van der Waals surface area contributed by atoms with Crippen LogP contribution in [0.25, 0.3) is 0 Å². The van der Waals surface area contributed by atoms with Gasteiger partial charge in [-0.1, -0.05) is 14.4 Å². The largest absolute Gasteiger partial charge is 0.454 e. The highest BCUT2D eigenvalue weighted by atomic mass is 35.5. The predicted molar refractivity (Wildman–Crippen MR) is 34.2 cm³/mol. The van der Waals surface area contributed by atoms with Crippen LogP contribution in [0.3, 0.4) is 0 Å². The first kappa shape index (κ1) is 10.7. The topological polar surface area (TPSA) is 26.3 Å². The van der Waals surface area contributed by atoms with Crippen LogP contribution in [0.5, 0.6) is 0 Å². The second-order valence-electron chi connectivity index (χ2n) is 1.09. The third kappa shape index (κ3) is 9.23. The van der Waals surface area contributed by atoms with Crippen LogP contribution in [0, 0.1) is 0 Å². The summed E-state index contributed by atoms with van der Waals surface area (Å²) in [7, 11) is 0. The van der Waals surface area contributed by atoms with Gasteiger partial charge in [0.2, 0.25) is 0 Å². The summed E-state index contributed by atoms with van der Waals surface area (Å²) in [5.41, 5.74) is -0.721. The van der Waals surface area contributed by atoms with Gasteiger partial charge < -0.3 is 4.74 Å². The molecule has 0 fully saturated rings. The second kappa shape index (κ2) is 6.76. The van der Waals surface area contributed by atoms with E-state index >= 15 is 0 Å². The molecule has 0 amide bonds. The normalized spacial score (nSPS) is 7.25. The molecule has 0 aliphatic carbocycles. The Bertz CT molecular complexity index is 63.4. The van der Waals surface area contributed by atoms with E-state index in [-0.39, 0.29) is 7.43 Å². The minimum Gasteiger partial charge on any atom is -0.454 e. The summed E-state index contributed by atoms with van der Waals surface area (Å²) in [6.45, 7) is 2.32. The van der Waals surface area contributed by atoms with Gasteiger partial charge >= 0.3 is 5.43 Å². The van der Waals surface area contributed by atoms with Crippen molar-refractivity contribution in [2.75, 3.05) is 6.61 Å². The lowest BCUT2D eigenvalue weighted by atomic mass is 10.5. The van der Waals surface area contributed by atoms with Crippen LogP contribution in [0.1, 0.15) is 20.8 Å². The average molecular weight is 139 g/mol. The Morgan fingerprint density at radius 2 is 2.25 bits per heavy atom. The SMILES string of the molecule is C.CCCOC(=O)Cl. The van der Waals surface area contributed by atoms with Crippen LogP contribution in [0.2, 0.25) is 0 Å². The van der Waals surface area contributed by atoms with E-state index in [2.05, 4.69) is 4.74 Å². The van der Waals surface area contributed by atoms with Gasteiger partial charge in [0.25, 0.3) is 0 Å². The van der Waals surface area contributed by atoms with Crippen molar-refractivity contribution < 1.29 is 9.53 Å². The number of carbonyl (C=O) groups excluding carboxylic acids is 1. The van der Waals surface area contributed by atoms with E-state index in [0.29, 0.717) is 6.61 Å². The van der Waals surface area contributed by atoms with Gasteiger partial charge in [0.05, 0.1) is 6.61 Å². The molecule has 0 unspecified atom stereocenters. The smallest absolute Gasteiger partial charge is 0.403 e. The maximum Gasteiger partial charge on any atom is 0.403 e. The summed E-state index contributed by atoms with van der Waals surface area (Å²) in [6, 6.07) is 0. The Morgan fingerprint density at radius 1 is 1.75 bits per heavy atom. The summed E-state index contributed by atoms with van der Waals surface area (Å²) in [5.74, 6) is 0. The van der Waals surface area contributed by atoms with Crippen LogP contribution in [-0.4, -0.2) is 12.0 Å². The van der Waals surface area contributed by atoms with Gasteiger partial charge in [0, 0.05) is 11.6 Å². The van der Waals surface area contributed by atoms with Crippen molar-refractivity contribution in [1.82, 2.24) is 0 Å². The van der Waals surface area contributed by atoms with E-state index in [9.17, 15) is 4.79 Å². The Labute approximate surface area is 54.8 Å². The molecule has 0 aromatic heterocycles. The Hall–Kier alpha value is -0.240. The van der Waals surface area contributed by atoms with E-state index in [1.54, 1.807) is 0 Å². The van der Waals surface area contributed by atoms with Crippen molar-refractivity contribution in [2.24, 2.45) is 0 Å². The monoisotopic (exact) mass is 138 g/mol. The average Bonchev–Trinajstić information content (AvgIpc) is 1.61. The highest BCUT2D eigenvalue weighted by Gasteiger charge is 1.89. The van der Waals surface area contributed by atoms with Crippen LogP contribution < -0.4 is 0 Å². The molecule has 0 saturated heterocycles. The number of hydrogen-bond acceptors (Lipinski definition) is 2. The third-order valence-corrected chi connectivity index (χ3v) is 0.529. The zero-order chi connectivity index (χ0) is 5.70. The molecular formula is C5H11ClO2. The molecule has 0 radical (unpaired) electrons. The predicted octanol–water partition coefficient (Wildman–Crippen LogP) is 2.41. The van der Waals surface area contributed by atoms with Crippen molar-refractivity contribution in [3.63, 3.8) is 0 Å². The molecule has 0 aliphatic rings. The molecule has 0 N–H and O–H groups in total. The first-order valence-electron chi connectivity index (χ1n) is 2.09. The summed E-state index contributed by atoms with van der Waals surface area (Å²) in [5, 5.41) is 0. The van der Waals surface area contributed by atoms with Crippen molar-refractivity contribution in [3.05, 3.63) is 0 Å². The van der Waals surface area contributed by atoms with E-state index in [1.165, 1.54) is 0 Å². The first-order chi connectivity index (χ1) is 3.27. The number of rotatable bonds is 2. The lowest BCUT2D eigenvalue weighted by Crippen LogP contribution is -1.93. The van der Waals surface area contributed by atoms with Gasteiger partial charge in [-0.25, -0.2) is 4.79 Å². The van der Waals surface area contributed by atoms with Gasteiger partial charge in [0.1, 0.15) is 0 Å². The molecule has 0 aromatic rings. The zero-order valence-electron chi connectivity index (χ0n) is 4.11. The van der Waals surface area contributed by atoms with Gasteiger partial charge in [-0.15, -0.1) is 0 Å². The van der Waals surface area contributed by atoms with Crippen LogP contribution >= 0.6 is 11.6 Å². The molecule has 2 nitrogen and oxygen atoms in total. The standard InChI is InChI=1S/C4H7ClO2.CH4/c1-2-3-7-4(5)6;/h2-3H2,1H3;1H4. The summed E-state index contributed by atoms with van der Waals surface area (Å²) in [4.78, 5) is 9.75. The molecule has 0 aliphatic heterocycles. The second-order valence-corrected chi connectivity index (χ2v) is 1.39. The molecule has 0 atom stereocenters. The Kier molecular flexibility index (Phi) is 9.03. The van der Waals surface area contributed by atoms with Crippen LogP contribution in [-0.2, 0) is 4.74 Å². The molecule has 0 heterocycles. The van der Waals surface area contributed by atoms with Gasteiger partial charge in [0.15, 0.2) is 0 Å². The highest BCUT2D eigenvalue weighted by Crippen LogP contribution is 1.86. The van der Waals surface area contributed by atoms with Crippen molar-refractivity contribution in [3.8, 4) is 0 Å². The molecule has 8 heavy (non-hydrogen) atoms. The van der Waals surface area contributed by atoms with E-state index < -0.39 is 5.43 Å². The Morgan fingerprint density at radius 3 is 2.38 bits per heavy atom. The molecule has 0 rings (SSSR count). The quantitative estimate of drug-likeness (QED) is 0.548. The number of carbonyl (C=O) groups is 1. The first-order valence-corrected chi connectivity index (χ1v) is 2.47. The molecule has 0 spiro atoms. The van der Waals surface area contributed by atoms with Crippen LogP contribution in [0.4, 0.5) is 4.79 Å².